The van der Waals surface area contributed by atoms with E-state index >= 15 is 0 Å². The van der Waals surface area contributed by atoms with E-state index in [2.05, 4.69) is 4.74 Å². The molecule has 1 unspecified atom stereocenters. The number of esters is 1. The van der Waals surface area contributed by atoms with Crippen LogP contribution in [0.3, 0.4) is 0 Å². The Hall–Kier alpha value is -1.15. The van der Waals surface area contributed by atoms with Crippen molar-refractivity contribution in [1.29, 1.82) is 0 Å². The third-order valence-corrected chi connectivity index (χ3v) is 4.45. The van der Waals surface area contributed by atoms with Gasteiger partial charge in [0.25, 0.3) is 0 Å². The Balaban J connectivity index is 4.85. The SMILES string of the molecule is CCC(C)N(CC(=O)O)S(=O)(=O)CCC(=O)OC. The maximum Gasteiger partial charge on any atom is 0.318 e. The second-order valence-corrected chi connectivity index (χ2v) is 5.88. The minimum absolute atomic E-state index is 0.286. The lowest BCUT2D eigenvalue weighted by molar-refractivity contribution is -0.140. The molecule has 1 N–H and O–H groups in total. The summed E-state index contributed by atoms with van der Waals surface area (Å²) in [4.78, 5) is 21.6. The van der Waals surface area contributed by atoms with E-state index in [1.54, 1.807) is 13.8 Å². The third-order valence-electron chi connectivity index (χ3n) is 2.52. The number of sulfonamides is 1. The molecule has 1 atom stereocenters. The molecular weight excluding hydrogens is 262 g/mol. The van der Waals surface area contributed by atoms with Crippen molar-refractivity contribution in [2.24, 2.45) is 0 Å². The van der Waals surface area contributed by atoms with Crippen LogP contribution in [0.15, 0.2) is 0 Å². The normalized spacial score (nSPS) is 13.3. The molecule has 7 nitrogen and oxygen atoms in total. The number of carbonyl (C=O) groups excluding carboxylic acids is 1. The van der Waals surface area contributed by atoms with Crippen LogP contribution in [0.4, 0.5) is 0 Å². The zero-order valence-corrected chi connectivity index (χ0v) is 11.6. The van der Waals surface area contributed by atoms with Gasteiger partial charge in [-0.25, -0.2) is 8.42 Å². The van der Waals surface area contributed by atoms with Crippen molar-refractivity contribution in [3.8, 4) is 0 Å². The summed E-state index contributed by atoms with van der Waals surface area (Å²) in [5.74, 6) is -2.31. The molecule has 0 aromatic rings. The van der Waals surface area contributed by atoms with Crippen LogP contribution in [0.25, 0.3) is 0 Å². The highest BCUT2D eigenvalue weighted by Gasteiger charge is 2.28. The van der Waals surface area contributed by atoms with Crippen LogP contribution >= 0.6 is 0 Å². The molecule has 0 fully saturated rings. The van der Waals surface area contributed by atoms with Gasteiger partial charge in [-0.3, -0.25) is 9.59 Å². The molecular formula is C10H19NO6S. The van der Waals surface area contributed by atoms with Crippen LogP contribution in [0, 0.1) is 0 Å². The smallest absolute Gasteiger partial charge is 0.318 e. The van der Waals surface area contributed by atoms with Crippen LogP contribution in [0.2, 0.25) is 0 Å². The quantitative estimate of drug-likeness (QED) is 0.631. The number of carboxylic acid groups (broad SMARTS) is 1. The summed E-state index contributed by atoms with van der Waals surface area (Å²) in [6.07, 6.45) is 0.204. The Morgan fingerprint density at radius 2 is 1.94 bits per heavy atom. The van der Waals surface area contributed by atoms with Crippen LogP contribution < -0.4 is 0 Å². The van der Waals surface area contributed by atoms with Gasteiger partial charge in [-0.1, -0.05) is 6.92 Å². The average Bonchev–Trinajstić information content (AvgIpc) is 2.31. The van der Waals surface area contributed by atoms with Gasteiger partial charge >= 0.3 is 11.9 Å². The molecule has 0 aromatic carbocycles. The summed E-state index contributed by atoms with van der Waals surface area (Å²) in [5.41, 5.74) is 0. The van der Waals surface area contributed by atoms with E-state index in [0.717, 1.165) is 4.31 Å². The molecule has 0 heterocycles. The maximum atomic E-state index is 11.9. The summed E-state index contributed by atoms with van der Waals surface area (Å²) in [6.45, 7) is 2.78. The molecule has 0 rings (SSSR count). The number of hydrogen-bond donors (Lipinski definition) is 1. The van der Waals surface area contributed by atoms with Crippen LogP contribution in [-0.2, 0) is 24.3 Å². The first-order valence-corrected chi connectivity index (χ1v) is 7.13. The number of methoxy groups -OCH3 is 1. The van der Waals surface area contributed by atoms with Crippen molar-refractivity contribution in [3.63, 3.8) is 0 Å². The van der Waals surface area contributed by atoms with Crippen LogP contribution in [0.5, 0.6) is 0 Å². The highest BCUT2D eigenvalue weighted by Crippen LogP contribution is 2.11. The summed E-state index contributed by atoms with van der Waals surface area (Å²) in [5, 5.41) is 8.72. The van der Waals surface area contributed by atoms with Crippen molar-refractivity contribution in [1.82, 2.24) is 4.31 Å². The molecule has 0 aliphatic heterocycles. The first-order chi connectivity index (χ1) is 8.24. The number of hydrogen-bond acceptors (Lipinski definition) is 5. The van der Waals surface area contributed by atoms with Crippen molar-refractivity contribution in [3.05, 3.63) is 0 Å². The molecule has 8 heteroatoms. The number of aliphatic carboxylic acids is 1. The van der Waals surface area contributed by atoms with Gasteiger partial charge in [-0.05, 0) is 13.3 Å². The maximum absolute atomic E-state index is 11.9. The number of carbonyl (C=O) groups is 2. The van der Waals surface area contributed by atoms with E-state index in [9.17, 15) is 18.0 Å². The van der Waals surface area contributed by atoms with Crippen molar-refractivity contribution < 1.29 is 27.9 Å². The molecule has 0 saturated carbocycles. The first-order valence-electron chi connectivity index (χ1n) is 5.52. The predicted octanol–water partition coefficient (Wildman–Crippen LogP) is 0.0644. The zero-order chi connectivity index (χ0) is 14.3. The van der Waals surface area contributed by atoms with Crippen molar-refractivity contribution in [2.45, 2.75) is 32.7 Å². The predicted molar refractivity (Wildman–Crippen MR) is 64.5 cm³/mol. The molecule has 0 spiro atoms. The molecule has 0 aliphatic rings. The van der Waals surface area contributed by atoms with E-state index in [-0.39, 0.29) is 6.42 Å². The fourth-order valence-corrected chi connectivity index (χ4v) is 2.96. The molecule has 18 heavy (non-hydrogen) atoms. The minimum atomic E-state index is -3.78. The zero-order valence-electron chi connectivity index (χ0n) is 10.7. The van der Waals surface area contributed by atoms with Crippen LogP contribution in [0.1, 0.15) is 26.7 Å². The highest BCUT2D eigenvalue weighted by atomic mass is 32.2. The Morgan fingerprint density at radius 1 is 1.39 bits per heavy atom. The Labute approximate surface area is 107 Å². The summed E-state index contributed by atoms with van der Waals surface area (Å²) < 4.78 is 29.1. The van der Waals surface area contributed by atoms with E-state index in [0.29, 0.717) is 6.42 Å². The van der Waals surface area contributed by atoms with Gasteiger partial charge < -0.3 is 9.84 Å². The van der Waals surface area contributed by atoms with Gasteiger partial charge in [-0.15, -0.1) is 0 Å². The van der Waals surface area contributed by atoms with Gasteiger partial charge in [-0.2, -0.15) is 4.31 Å². The molecule has 0 amide bonds. The molecule has 0 saturated heterocycles. The second-order valence-electron chi connectivity index (χ2n) is 3.84. The molecule has 106 valence electrons. The lowest BCUT2D eigenvalue weighted by Gasteiger charge is -2.25. The lowest BCUT2D eigenvalue weighted by Crippen LogP contribution is -2.43. The monoisotopic (exact) mass is 281 g/mol. The molecule has 0 aliphatic carbocycles. The Kier molecular flexibility index (Phi) is 6.85. The second kappa shape index (κ2) is 7.32. The number of ether oxygens (including phenoxy) is 1. The molecule has 0 bridgehead atoms. The van der Waals surface area contributed by atoms with Gasteiger partial charge in [0.15, 0.2) is 0 Å². The average molecular weight is 281 g/mol. The van der Waals surface area contributed by atoms with E-state index in [1.807, 2.05) is 0 Å². The Morgan fingerprint density at radius 3 is 2.33 bits per heavy atom. The van der Waals surface area contributed by atoms with E-state index in [4.69, 9.17) is 5.11 Å². The standard InChI is InChI=1S/C10H19NO6S/c1-4-8(2)11(7-9(12)13)18(15,16)6-5-10(14)17-3/h8H,4-7H2,1-3H3,(H,12,13). The third kappa shape index (κ3) is 5.46. The summed E-state index contributed by atoms with van der Waals surface area (Å²) in [6, 6.07) is -0.427. The molecule has 0 radical (unpaired) electrons. The van der Waals surface area contributed by atoms with Gasteiger partial charge in [0.2, 0.25) is 10.0 Å². The van der Waals surface area contributed by atoms with E-state index < -0.39 is 40.3 Å². The van der Waals surface area contributed by atoms with Crippen molar-refractivity contribution in [2.75, 3.05) is 19.4 Å². The number of nitrogens with zero attached hydrogens (tertiary/aromatic N) is 1. The summed E-state index contributed by atoms with van der Waals surface area (Å²) in [7, 11) is -2.62. The molecule has 0 aromatic heterocycles. The van der Waals surface area contributed by atoms with Gasteiger partial charge in [0, 0.05) is 6.04 Å². The summed E-state index contributed by atoms with van der Waals surface area (Å²) >= 11 is 0. The Bertz CT molecular complexity index is 391. The largest absolute Gasteiger partial charge is 0.480 e. The first kappa shape index (κ1) is 16.9. The van der Waals surface area contributed by atoms with Gasteiger partial charge in [0.1, 0.15) is 6.54 Å². The van der Waals surface area contributed by atoms with E-state index in [1.165, 1.54) is 7.11 Å². The minimum Gasteiger partial charge on any atom is -0.480 e. The topological polar surface area (TPSA) is 101 Å². The lowest BCUT2D eigenvalue weighted by atomic mass is 10.2. The number of carboxylic acids is 1. The fraction of sp³-hybridized carbons (Fsp3) is 0.800. The fourth-order valence-electron chi connectivity index (χ4n) is 1.30. The van der Waals surface area contributed by atoms with Gasteiger partial charge in [0.05, 0.1) is 19.3 Å². The highest BCUT2D eigenvalue weighted by molar-refractivity contribution is 7.89. The van der Waals surface area contributed by atoms with Crippen molar-refractivity contribution >= 4 is 22.0 Å². The number of rotatable bonds is 8. The van der Waals surface area contributed by atoms with Crippen LogP contribution in [-0.4, -0.2) is 55.2 Å².